The van der Waals surface area contributed by atoms with Crippen molar-refractivity contribution in [1.29, 1.82) is 0 Å². The average molecular weight is 195 g/mol. The Bertz CT molecular complexity index is 293. The second-order valence-electron chi connectivity index (χ2n) is 2.21. The number of hydrogen-bond acceptors (Lipinski definition) is 3. The van der Waals surface area contributed by atoms with E-state index in [9.17, 15) is 12.6 Å². The average Bonchev–Trinajstić information content (AvgIpc) is 1.86. The summed E-state index contributed by atoms with van der Waals surface area (Å²) in [5.41, 5.74) is 0. The third-order valence-electron chi connectivity index (χ3n) is 1.26. The van der Waals surface area contributed by atoms with E-state index in [1.54, 1.807) is 12.2 Å². The van der Waals surface area contributed by atoms with Crippen LogP contribution in [0.5, 0.6) is 0 Å². The molecule has 0 unspecified atom stereocenters. The van der Waals surface area contributed by atoms with E-state index in [0.717, 1.165) is 9.97 Å². The van der Waals surface area contributed by atoms with E-state index in [4.69, 9.17) is 0 Å². The molecule has 0 saturated carbocycles. The van der Waals surface area contributed by atoms with Gasteiger partial charge in [0.05, 0.1) is 12.0 Å². The number of hydrogen-bond donors (Lipinski definition) is 0. The Morgan fingerprint density at radius 3 is 2.45 bits per heavy atom. The highest BCUT2D eigenvalue weighted by molar-refractivity contribution is 8.00. The first-order valence-electron chi connectivity index (χ1n) is 3.03. The van der Waals surface area contributed by atoms with Crippen LogP contribution >= 0.6 is 0 Å². The molecule has 0 aromatic carbocycles. The molecule has 0 N–H and O–H groups in total. The number of nitrogens with zero attached hydrogens (tertiary/aromatic N) is 1. The van der Waals surface area contributed by atoms with Gasteiger partial charge < -0.3 is 0 Å². The van der Waals surface area contributed by atoms with Gasteiger partial charge in [-0.3, -0.25) is 0 Å². The molecule has 11 heavy (non-hydrogen) atoms. The van der Waals surface area contributed by atoms with Crippen LogP contribution in [0, 0.1) is 0 Å². The quantitative estimate of drug-likeness (QED) is 0.529. The van der Waals surface area contributed by atoms with Crippen LogP contribution in [-0.2, 0) is 21.0 Å². The van der Waals surface area contributed by atoms with Crippen molar-refractivity contribution in [1.82, 2.24) is 3.71 Å². The van der Waals surface area contributed by atoms with Gasteiger partial charge in [-0.25, -0.2) is 12.6 Å². The second kappa shape index (κ2) is 3.04. The molecule has 1 aliphatic rings. The minimum Gasteiger partial charge on any atom is -0.241 e. The van der Waals surface area contributed by atoms with Crippen LogP contribution in [0.4, 0.5) is 0 Å². The maximum atomic E-state index is 11.0. The van der Waals surface area contributed by atoms with Gasteiger partial charge >= 0.3 is 0 Å². The summed E-state index contributed by atoms with van der Waals surface area (Å²) in [5.74, 6) is 0.299. The Morgan fingerprint density at radius 2 is 2.09 bits per heavy atom. The Kier molecular flexibility index (Phi) is 2.46. The molecule has 0 bridgehead atoms. The molecular formula is C5H9NO3S2. The Morgan fingerprint density at radius 1 is 1.45 bits per heavy atom. The van der Waals surface area contributed by atoms with Crippen molar-refractivity contribution >= 4 is 21.0 Å². The summed E-state index contributed by atoms with van der Waals surface area (Å²) in [6.45, 7) is 0.228. The lowest BCUT2D eigenvalue weighted by atomic mass is 10.5. The molecule has 0 radical (unpaired) electrons. The zero-order chi connectivity index (χ0) is 8.48. The standard InChI is InChI=1S/C5H9NO3S2/c1-11(8,9)6-4-2-3-5-10(6)7/h2-3H,4-5H2,1H3/t10-/m0/s1. The Hall–Kier alpha value is -0.200. The SMILES string of the molecule is CS(=O)(=O)N1CC=CC[S@@]1=O. The summed E-state index contributed by atoms with van der Waals surface area (Å²) in [5, 5.41) is 0. The fourth-order valence-electron chi connectivity index (χ4n) is 0.764. The highest BCUT2D eigenvalue weighted by Gasteiger charge is 2.23. The predicted octanol–water partition coefficient (Wildman–Crippen LogP) is -0.518. The van der Waals surface area contributed by atoms with Crippen molar-refractivity contribution in [3.8, 4) is 0 Å². The molecule has 0 aromatic rings. The van der Waals surface area contributed by atoms with Gasteiger partial charge in [-0.15, -0.1) is 3.71 Å². The van der Waals surface area contributed by atoms with E-state index in [2.05, 4.69) is 0 Å². The van der Waals surface area contributed by atoms with Crippen molar-refractivity contribution in [3.63, 3.8) is 0 Å². The van der Waals surface area contributed by atoms with Gasteiger partial charge in [-0.05, 0) is 0 Å². The summed E-state index contributed by atoms with van der Waals surface area (Å²) in [6.07, 6.45) is 4.48. The zero-order valence-electron chi connectivity index (χ0n) is 6.06. The largest absolute Gasteiger partial charge is 0.241 e. The molecule has 0 amide bonds. The number of rotatable bonds is 1. The van der Waals surface area contributed by atoms with Crippen LogP contribution in [-0.4, -0.2) is 34.9 Å². The third kappa shape index (κ3) is 2.11. The fraction of sp³-hybridized carbons (Fsp3) is 0.600. The topological polar surface area (TPSA) is 54.5 Å². The summed E-state index contributed by atoms with van der Waals surface area (Å²) in [6, 6.07) is 0. The second-order valence-corrected chi connectivity index (χ2v) is 5.76. The molecule has 0 fully saturated rings. The van der Waals surface area contributed by atoms with Gasteiger partial charge in [-0.1, -0.05) is 12.2 Å². The molecule has 0 spiro atoms. The smallest absolute Gasteiger partial charge is 0.222 e. The monoisotopic (exact) mass is 195 g/mol. The van der Waals surface area contributed by atoms with Gasteiger partial charge in [0, 0.05) is 6.54 Å². The third-order valence-corrected chi connectivity index (χ3v) is 4.54. The first-order chi connectivity index (χ1) is 5.02. The van der Waals surface area contributed by atoms with Crippen molar-refractivity contribution < 1.29 is 12.6 Å². The van der Waals surface area contributed by atoms with Crippen LogP contribution < -0.4 is 0 Å². The highest BCUT2D eigenvalue weighted by atomic mass is 32.3. The lowest BCUT2D eigenvalue weighted by Gasteiger charge is -2.18. The predicted molar refractivity (Wildman–Crippen MR) is 43.7 cm³/mol. The Balaban J connectivity index is 2.90. The van der Waals surface area contributed by atoms with Gasteiger partial charge in [0.1, 0.15) is 11.0 Å². The van der Waals surface area contributed by atoms with Crippen molar-refractivity contribution in [2.24, 2.45) is 0 Å². The first-order valence-corrected chi connectivity index (χ1v) is 6.15. The molecule has 6 heteroatoms. The van der Waals surface area contributed by atoms with Crippen LogP contribution in [0.2, 0.25) is 0 Å². The van der Waals surface area contributed by atoms with Gasteiger partial charge in [0.15, 0.2) is 0 Å². The molecule has 1 atom stereocenters. The molecule has 0 aromatic heterocycles. The fourth-order valence-corrected chi connectivity index (χ4v) is 3.23. The molecule has 4 nitrogen and oxygen atoms in total. The van der Waals surface area contributed by atoms with Crippen molar-refractivity contribution in [2.75, 3.05) is 18.6 Å². The van der Waals surface area contributed by atoms with Crippen LogP contribution in [0.3, 0.4) is 0 Å². The molecule has 1 aliphatic heterocycles. The highest BCUT2D eigenvalue weighted by Crippen LogP contribution is 2.07. The molecular weight excluding hydrogens is 186 g/mol. The molecule has 1 heterocycles. The van der Waals surface area contributed by atoms with E-state index in [1.165, 1.54) is 0 Å². The summed E-state index contributed by atoms with van der Waals surface area (Å²) >= 11 is 0. The van der Waals surface area contributed by atoms with E-state index < -0.39 is 21.0 Å². The first kappa shape index (κ1) is 8.89. The van der Waals surface area contributed by atoms with E-state index in [1.807, 2.05) is 0 Å². The molecule has 64 valence electrons. The zero-order valence-corrected chi connectivity index (χ0v) is 7.69. The molecule has 1 rings (SSSR count). The normalized spacial score (nSPS) is 27.2. The van der Waals surface area contributed by atoms with Crippen molar-refractivity contribution in [3.05, 3.63) is 12.2 Å². The number of sulfonamides is 1. The van der Waals surface area contributed by atoms with Gasteiger partial charge in [0.25, 0.3) is 0 Å². The lowest BCUT2D eigenvalue weighted by molar-refractivity contribution is 0.549. The minimum absolute atomic E-state index is 0.228. The summed E-state index contributed by atoms with van der Waals surface area (Å²) < 4.78 is 33.8. The van der Waals surface area contributed by atoms with E-state index in [0.29, 0.717) is 5.75 Å². The van der Waals surface area contributed by atoms with Crippen LogP contribution in [0.1, 0.15) is 0 Å². The Labute approximate surface area is 68.5 Å². The van der Waals surface area contributed by atoms with Gasteiger partial charge in [0.2, 0.25) is 10.0 Å². The van der Waals surface area contributed by atoms with Crippen LogP contribution in [0.15, 0.2) is 12.2 Å². The lowest BCUT2D eigenvalue weighted by Crippen LogP contribution is -2.35. The van der Waals surface area contributed by atoms with E-state index in [-0.39, 0.29) is 6.54 Å². The molecule has 0 aliphatic carbocycles. The summed E-state index contributed by atoms with van der Waals surface area (Å²) in [4.78, 5) is 0. The van der Waals surface area contributed by atoms with Gasteiger partial charge in [-0.2, -0.15) is 0 Å². The maximum absolute atomic E-state index is 11.0. The summed E-state index contributed by atoms with van der Waals surface area (Å²) in [7, 11) is -4.68. The van der Waals surface area contributed by atoms with Crippen LogP contribution in [0.25, 0.3) is 0 Å². The van der Waals surface area contributed by atoms with E-state index >= 15 is 0 Å². The van der Waals surface area contributed by atoms with Crippen molar-refractivity contribution in [2.45, 2.75) is 0 Å². The maximum Gasteiger partial charge on any atom is 0.222 e. The molecule has 0 saturated heterocycles. The minimum atomic E-state index is -3.29.